The van der Waals surface area contributed by atoms with Gasteiger partial charge in [0.05, 0.1) is 0 Å². The molecule has 0 unspecified atom stereocenters. The molecular formula is C6H12N2OS. The molecular weight excluding hydrogens is 148 g/mol. The maximum atomic E-state index is 10.9. The van der Waals surface area contributed by atoms with Crippen molar-refractivity contribution in [3.8, 4) is 0 Å². The molecule has 0 heterocycles. The van der Waals surface area contributed by atoms with Crippen molar-refractivity contribution < 1.29 is 4.79 Å². The molecule has 3 nitrogen and oxygen atoms in total. The van der Waals surface area contributed by atoms with Gasteiger partial charge in [0.15, 0.2) is 0 Å². The number of nitrogens with one attached hydrogen (secondary N) is 1. The normalized spacial score (nSPS) is 32.2. The third-order valence-electron chi connectivity index (χ3n) is 1.95. The Balaban J connectivity index is 2.37. The van der Waals surface area contributed by atoms with Crippen molar-refractivity contribution in [3.05, 3.63) is 0 Å². The SMILES string of the molecule is N[C@H]1CC[C@@H](C(=O)NS)C1. The lowest BCUT2D eigenvalue weighted by Gasteiger charge is -2.05. The van der Waals surface area contributed by atoms with Crippen LogP contribution in [-0.4, -0.2) is 11.9 Å². The zero-order chi connectivity index (χ0) is 7.56. The van der Waals surface area contributed by atoms with E-state index in [1.165, 1.54) is 0 Å². The number of carbonyl (C=O) groups is 1. The van der Waals surface area contributed by atoms with Crippen molar-refractivity contribution in [2.45, 2.75) is 25.3 Å². The lowest BCUT2D eigenvalue weighted by molar-refractivity contribution is -0.122. The molecule has 0 aromatic carbocycles. The van der Waals surface area contributed by atoms with Crippen LogP contribution in [0, 0.1) is 5.92 Å². The van der Waals surface area contributed by atoms with Crippen LogP contribution in [0.2, 0.25) is 0 Å². The molecule has 0 aromatic rings. The van der Waals surface area contributed by atoms with Gasteiger partial charge in [0.1, 0.15) is 0 Å². The molecule has 0 saturated heterocycles. The van der Waals surface area contributed by atoms with Crippen LogP contribution in [0.15, 0.2) is 0 Å². The first-order chi connectivity index (χ1) is 4.74. The van der Waals surface area contributed by atoms with Crippen molar-refractivity contribution in [1.82, 2.24) is 4.72 Å². The van der Waals surface area contributed by atoms with E-state index in [-0.39, 0.29) is 17.9 Å². The summed E-state index contributed by atoms with van der Waals surface area (Å²) < 4.78 is 2.33. The fourth-order valence-electron chi connectivity index (χ4n) is 1.35. The van der Waals surface area contributed by atoms with Gasteiger partial charge in [-0.1, -0.05) is 12.8 Å². The Morgan fingerprint density at radius 1 is 1.60 bits per heavy atom. The van der Waals surface area contributed by atoms with Gasteiger partial charge in [-0.15, -0.1) is 0 Å². The van der Waals surface area contributed by atoms with Crippen molar-refractivity contribution in [3.63, 3.8) is 0 Å². The maximum Gasteiger partial charge on any atom is 0.232 e. The molecule has 4 heteroatoms. The van der Waals surface area contributed by atoms with Crippen LogP contribution in [0.25, 0.3) is 0 Å². The molecule has 1 aliphatic rings. The van der Waals surface area contributed by atoms with Crippen molar-refractivity contribution in [1.29, 1.82) is 0 Å². The molecule has 1 saturated carbocycles. The van der Waals surface area contributed by atoms with Crippen LogP contribution in [0.5, 0.6) is 0 Å². The third-order valence-corrected chi connectivity index (χ3v) is 2.17. The predicted molar refractivity (Wildman–Crippen MR) is 42.4 cm³/mol. The summed E-state index contributed by atoms with van der Waals surface area (Å²) in [7, 11) is 0. The topological polar surface area (TPSA) is 55.1 Å². The Bertz CT molecular complexity index is 140. The fourth-order valence-corrected chi connectivity index (χ4v) is 1.53. The molecule has 58 valence electrons. The van der Waals surface area contributed by atoms with E-state index in [1.54, 1.807) is 0 Å². The molecule has 0 aromatic heterocycles. The minimum absolute atomic E-state index is 0.0104. The summed E-state index contributed by atoms with van der Waals surface area (Å²) in [4.78, 5) is 10.9. The fraction of sp³-hybridized carbons (Fsp3) is 0.833. The Morgan fingerprint density at radius 2 is 2.30 bits per heavy atom. The number of nitrogens with two attached hydrogens (primary N) is 1. The van der Waals surface area contributed by atoms with E-state index in [0.29, 0.717) is 0 Å². The van der Waals surface area contributed by atoms with E-state index in [9.17, 15) is 4.79 Å². The highest BCUT2D eigenvalue weighted by Crippen LogP contribution is 2.23. The van der Waals surface area contributed by atoms with Crippen LogP contribution in [-0.2, 0) is 4.79 Å². The summed E-state index contributed by atoms with van der Waals surface area (Å²) in [5.74, 6) is 0.115. The summed E-state index contributed by atoms with van der Waals surface area (Å²) in [6.07, 6.45) is 2.69. The van der Waals surface area contributed by atoms with Crippen molar-refractivity contribution in [2.24, 2.45) is 11.7 Å². The number of thiol groups is 1. The highest BCUT2D eigenvalue weighted by Gasteiger charge is 2.26. The molecule has 0 aliphatic heterocycles. The highest BCUT2D eigenvalue weighted by atomic mass is 32.1. The molecule has 1 fully saturated rings. The maximum absolute atomic E-state index is 10.9. The Labute approximate surface area is 65.9 Å². The van der Waals surface area contributed by atoms with Crippen LogP contribution < -0.4 is 10.5 Å². The summed E-state index contributed by atoms with van der Waals surface area (Å²) >= 11 is 3.68. The van der Waals surface area contributed by atoms with Crippen LogP contribution in [0.3, 0.4) is 0 Å². The van der Waals surface area contributed by atoms with E-state index < -0.39 is 0 Å². The van der Waals surface area contributed by atoms with Gasteiger partial charge in [-0.05, 0) is 19.3 Å². The van der Waals surface area contributed by atoms with Crippen molar-refractivity contribution >= 4 is 18.7 Å². The minimum atomic E-state index is 0.0104. The summed E-state index contributed by atoms with van der Waals surface area (Å²) in [5.41, 5.74) is 5.61. The second-order valence-corrected chi connectivity index (χ2v) is 2.97. The van der Waals surface area contributed by atoms with E-state index in [1.807, 2.05) is 0 Å². The summed E-state index contributed by atoms with van der Waals surface area (Å²) in [6.45, 7) is 0. The number of hydrogen-bond acceptors (Lipinski definition) is 3. The molecule has 0 spiro atoms. The summed E-state index contributed by atoms with van der Waals surface area (Å²) in [5, 5.41) is 0. The molecule has 1 amide bonds. The lowest BCUT2D eigenvalue weighted by atomic mass is 10.1. The zero-order valence-electron chi connectivity index (χ0n) is 5.71. The van der Waals surface area contributed by atoms with E-state index in [2.05, 4.69) is 17.5 Å². The summed E-state index contributed by atoms with van der Waals surface area (Å²) in [6, 6.07) is 0.218. The second kappa shape index (κ2) is 3.25. The van der Waals surface area contributed by atoms with Crippen molar-refractivity contribution in [2.75, 3.05) is 0 Å². The first-order valence-corrected chi connectivity index (χ1v) is 3.88. The van der Waals surface area contributed by atoms with Gasteiger partial charge in [0.25, 0.3) is 0 Å². The number of hydrogen-bond donors (Lipinski definition) is 3. The number of amides is 1. The van der Waals surface area contributed by atoms with Crippen LogP contribution in [0.4, 0.5) is 0 Å². The Kier molecular flexibility index (Phi) is 2.56. The van der Waals surface area contributed by atoms with E-state index in [4.69, 9.17) is 5.73 Å². The zero-order valence-corrected chi connectivity index (χ0v) is 6.60. The predicted octanol–water partition coefficient (Wildman–Crippen LogP) is 0.0748. The smallest absolute Gasteiger partial charge is 0.232 e. The van der Waals surface area contributed by atoms with Gasteiger partial charge in [-0.25, -0.2) is 0 Å². The minimum Gasteiger partial charge on any atom is -0.328 e. The quantitative estimate of drug-likeness (QED) is 0.476. The highest BCUT2D eigenvalue weighted by molar-refractivity contribution is 7.78. The number of carbonyl (C=O) groups excluding carboxylic acids is 1. The van der Waals surface area contributed by atoms with Crippen LogP contribution >= 0.6 is 12.8 Å². The first-order valence-electron chi connectivity index (χ1n) is 3.43. The molecule has 10 heavy (non-hydrogen) atoms. The van der Waals surface area contributed by atoms with Gasteiger partial charge in [0, 0.05) is 12.0 Å². The Hall–Kier alpha value is -0.220. The average Bonchev–Trinajstić information content (AvgIpc) is 2.34. The second-order valence-electron chi connectivity index (χ2n) is 2.75. The molecule has 3 N–H and O–H groups in total. The first kappa shape index (κ1) is 7.88. The van der Waals surface area contributed by atoms with Gasteiger partial charge < -0.3 is 10.5 Å². The largest absolute Gasteiger partial charge is 0.328 e. The van der Waals surface area contributed by atoms with Gasteiger partial charge in [-0.2, -0.15) is 0 Å². The Morgan fingerprint density at radius 3 is 2.70 bits per heavy atom. The van der Waals surface area contributed by atoms with Gasteiger partial charge in [-0.3, -0.25) is 4.79 Å². The van der Waals surface area contributed by atoms with E-state index in [0.717, 1.165) is 19.3 Å². The molecule has 1 rings (SSSR count). The molecule has 1 aliphatic carbocycles. The lowest BCUT2D eigenvalue weighted by Crippen LogP contribution is -2.23. The standard InChI is InChI=1S/C6H12N2OS/c7-5-2-1-4(3-5)6(9)8-10/h4-5,10H,1-3,7H2,(H,8,9)/t4-,5+/m1/s1. The van der Waals surface area contributed by atoms with E-state index >= 15 is 0 Å². The molecule has 0 radical (unpaired) electrons. The third kappa shape index (κ3) is 1.64. The molecule has 2 atom stereocenters. The monoisotopic (exact) mass is 160 g/mol. The van der Waals surface area contributed by atoms with Crippen LogP contribution in [0.1, 0.15) is 19.3 Å². The average molecular weight is 160 g/mol. The van der Waals surface area contributed by atoms with Gasteiger partial charge >= 0.3 is 0 Å². The number of rotatable bonds is 1. The van der Waals surface area contributed by atoms with Gasteiger partial charge in [0.2, 0.25) is 5.91 Å². The molecule has 0 bridgehead atoms.